The summed E-state index contributed by atoms with van der Waals surface area (Å²) in [6, 6.07) is 7.43. The lowest BCUT2D eigenvalue weighted by Crippen LogP contribution is -2.36. The third kappa shape index (κ3) is 3.98. The van der Waals surface area contributed by atoms with Gasteiger partial charge in [-0.1, -0.05) is 12.1 Å². The van der Waals surface area contributed by atoms with E-state index in [1.165, 1.54) is 0 Å². The van der Waals surface area contributed by atoms with Crippen LogP contribution in [-0.4, -0.2) is 36.0 Å². The van der Waals surface area contributed by atoms with Crippen LogP contribution in [0.4, 0.5) is 5.69 Å². The lowest BCUT2D eigenvalue weighted by molar-refractivity contribution is -0.151. The molecule has 1 aromatic carbocycles. The van der Waals surface area contributed by atoms with Crippen LogP contribution in [0.1, 0.15) is 25.3 Å². The highest BCUT2D eigenvalue weighted by Crippen LogP contribution is 2.26. The number of nitrogens with zero attached hydrogens (tertiary/aromatic N) is 1. The van der Waals surface area contributed by atoms with E-state index in [1.54, 1.807) is 23.1 Å². The number of carbonyl (C=O) groups excluding carboxylic acids is 2. The maximum Gasteiger partial charge on any atom is 0.310 e. The molecule has 1 aromatic rings. The van der Waals surface area contributed by atoms with Crippen molar-refractivity contribution in [2.75, 3.05) is 18.9 Å². The molecule has 108 valence electrons. The Morgan fingerprint density at radius 2 is 2.15 bits per heavy atom. The number of rotatable bonds is 6. The zero-order chi connectivity index (χ0) is 14.5. The first-order valence-electron chi connectivity index (χ1n) is 6.89. The molecular formula is C15H20N2O3. The Morgan fingerprint density at radius 3 is 2.75 bits per heavy atom. The van der Waals surface area contributed by atoms with Gasteiger partial charge < -0.3 is 15.4 Å². The molecule has 1 amide bonds. The molecule has 0 unspecified atom stereocenters. The molecule has 1 aliphatic rings. The van der Waals surface area contributed by atoms with Gasteiger partial charge in [-0.3, -0.25) is 9.59 Å². The van der Waals surface area contributed by atoms with Gasteiger partial charge in [-0.25, -0.2) is 0 Å². The van der Waals surface area contributed by atoms with Crippen LogP contribution in [0.3, 0.4) is 0 Å². The van der Waals surface area contributed by atoms with Crippen LogP contribution >= 0.6 is 0 Å². The maximum atomic E-state index is 11.9. The summed E-state index contributed by atoms with van der Waals surface area (Å²) in [4.78, 5) is 25.4. The van der Waals surface area contributed by atoms with Crippen molar-refractivity contribution in [2.24, 2.45) is 0 Å². The summed E-state index contributed by atoms with van der Waals surface area (Å²) < 4.78 is 5.04. The number of anilines is 1. The highest BCUT2D eigenvalue weighted by atomic mass is 16.5. The highest BCUT2D eigenvalue weighted by Gasteiger charge is 2.31. The van der Waals surface area contributed by atoms with E-state index in [-0.39, 0.29) is 18.9 Å². The van der Waals surface area contributed by atoms with Gasteiger partial charge in [0.15, 0.2) is 6.61 Å². The van der Waals surface area contributed by atoms with E-state index < -0.39 is 5.97 Å². The summed E-state index contributed by atoms with van der Waals surface area (Å²) in [5.74, 6) is -0.522. The lowest BCUT2D eigenvalue weighted by atomic mass is 10.1. The summed E-state index contributed by atoms with van der Waals surface area (Å²) in [6.45, 7) is 2.42. The zero-order valence-electron chi connectivity index (χ0n) is 11.7. The van der Waals surface area contributed by atoms with Crippen molar-refractivity contribution in [1.82, 2.24) is 4.90 Å². The molecule has 1 aliphatic carbocycles. The molecule has 0 aliphatic heterocycles. The van der Waals surface area contributed by atoms with Crippen LogP contribution in [0, 0.1) is 0 Å². The lowest BCUT2D eigenvalue weighted by Gasteiger charge is -2.19. The monoisotopic (exact) mass is 276 g/mol. The minimum Gasteiger partial charge on any atom is -0.455 e. The molecule has 0 radical (unpaired) electrons. The number of nitrogen functional groups attached to an aromatic ring is 1. The van der Waals surface area contributed by atoms with Crippen LogP contribution in [0.5, 0.6) is 0 Å². The zero-order valence-corrected chi connectivity index (χ0v) is 11.7. The van der Waals surface area contributed by atoms with Crippen molar-refractivity contribution in [2.45, 2.75) is 32.2 Å². The third-order valence-corrected chi connectivity index (χ3v) is 3.30. The first kappa shape index (κ1) is 14.4. The minimum atomic E-state index is -0.407. The fraction of sp³-hybridized carbons (Fsp3) is 0.467. The number of hydrogen-bond donors (Lipinski definition) is 1. The topological polar surface area (TPSA) is 72.6 Å². The second kappa shape index (κ2) is 6.41. The Hall–Kier alpha value is -2.04. The largest absolute Gasteiger partial charge is 0.455 e. The van der Waals surface area contributed by atoms with Gasteiger partial charge in [-0.05, 0) is 37.5 Å². The number of likely N-dealkylation sites (N-methyl/N-ethyl adjacent to an activating group) is 1. The van der Waals surface area contributed by atoms with Gasteiger partial charge in [-0.2, -0.15) is 0 Å². The SMILES string of the molecule is CCN(C(=O)COC(=O)Cc1cccc(N)c1)C1CC1. The van der Waals surface area contributed by atoms with E-state index in [4.69, 9.17) is 10.5 Å². The van der Waals surface area contributed by atoms with Gasteiger partial charge in [-0.15, -0.1) is 0 Å². The molecule has 1 saturated carbocycles. The molecule has 5 nitrogen and oxygen atoms in total. The smallest absolute Gasteiger partial charge is 0.310 e. The summed E-state index contributed by atoms with van der Waals surface area (Å²) in [6.07, 6.45) is 2.24. The first-order valence-corrected chi connectivity index (χ1v) is 6.89. The fourth-order valence-corrected chi connectivity index (χ4v) is 2.17. The highest BCUT2D eigenvalue weighted by molar-refractivity contribution is 5.81. The van der Waals surface area contributed by atoms with E-state index in [1.807, 2.05) is 13.0 Å². The molecule has 2 N–H and O–H groups in total. The van der Waals surface area contributed by atoms with E-state index >= 15 is 0 Å². The third-order valence-electron chi connectivity index (χ3n) is 3.30. The maximum absolute atomic E-state index is 11.9. The Kier molecular flexibility index (Phi) is 4.61. The first-order chi connectivity index (χ1) is 9.60. The number of carbonyl (C=O) groups is 2. The Labute approximate surface area is 118 Å². The van der Waals surface area contributed by atoms with Crippen molar-refractivity contribution in [3.05, 3.63) is 29.8 Å². The molecule has 0 saturated heterocycles. The average Bonchev–Trinajstić information content (AvgIpc) is 3.22. The van der Waals surface area contributed by atoms with E-state index in [2.05, 4.69) is 0 Å². The summed E-state index contributed by atoms with van der Waals surface area (Å²) in [5.41, 5.74) is 7.04. The normalized spacial score (nSPS) is 13.8. The van der Waals surface area contributed by atoms with Gasteiger partial charge in [0.05, 0.1) is 6.42 Å². The van der Waals surface area contributed by atoms with Crippen LogP contribution in [0.25, 0.3) is 0 Å². The van der Waals surface area contributed by atoms with Gasteiger partial charge in [0, 0.05) is 18.3 Å². The molecule has 0 bridgehead atoms. The van der Waals surface area contributed by atoms with Gasteiger partial charge in [0.2, 0.25) is 0 Å². The standard InChI is InChI=1S/C15H20N2O3/c1-2-17(13-6-7-13)14(18)10-20-15(19)9-11-4-3-5-12(16)8-11/h3-5,8,13H,2,6-7,9-10,16H2,1H3. The summed E-state index contributed by atoms with van der Waals surface area (Å²) >= 11 is 0. The van der Waals surface area contributed by atoms with Crippen LogP contribution < -0.4 is 5.73 Å². The summed E-state index contributed by atoms with van der Waals surface area (Å²) in [7, 11) is 0. The van der Waals surface area contributed by atoms with Crippen LogP contribution in [-0.2, 0) is 20.7 Å². The molecule has 2 rings (SSSR count). The number of benzene rings is 1. The molecular weight excluding hydrogens is 256 g/mol. The molecule has 1 fully saturated rings. The predicted octanol–water partition coefficient (Wildman–Crippen LogP) is 1.37. The van der Waals surface area contributed by atoms with Gasteiger partial charge >= 0.3 is 5.97 Å². The van der Waals surface area contributed by atoms with Crippen molar-refractivity contribution >= 4 is 17.6 Å². The van der Waals surface area contributed by atoms with Crippen molar-refractivity contribution in [1.29, 1.82) is 0 Å². The Balaban J connectivity index is 1.78. The molecule has 0 spiro atoms. The van der Waals surface area contributed by atoms with E-state index in [0.29, 0.717) is 18.3 Å². The fourth-order valence-electron chi connectivity index (χ4n) is 2.17. The molecule has 0 heterocycles. The van der Waals surface area contributed by atoms with E-state index in [9.17, 15) is 9.59 Å². The number of ether oxygens (including phenoxy) is 1. The molecule has 0 aromatic heterocycles. The number of amides is 1. The Bertz CT molecular complexity index is 498. The van der Waals surface area contributed by atoms with Crippen molar-refractivity contribution in [3.63, 3.8) is 0 Å². The summed E-state index contributed by atoms with van der Waals surface area (Å²) in [5, 5.41) is 0. The quantitative estimate of drug-likeness (QED) is 0.629. The average molecular weight is 276 g/mol. The van der Waals surface area contributed by atoms with E-state index in [0.717, 1.165) is 18.4 Å². The van der Waals surface area contributed by atoms with Crippen molar-refractivity contribution in [3.8, 4) is 0 Å². The number of hydrogen-bond acceptors (Lipinski definition) is 4. The molecule has 20 heavy (non-hydrogen) atoms. The number of esters is 1. The van der Waals surface area contributed by atoms with Gasteiger partial charge in [0.25, 0.3) is 5.91 Å². The second-order valence-corrected chi connectivity index (χ2v) is 4.99. The second-order valence-electron chi connectivity index (χ2n) is 4.99. The minimum absolute atomic E-state index is 0.115. The van der Waals surface area contributed by atoms with Crippen LogP contribution in [0.15, 0.2) is 24.3 Å². The molecule has 5 heteroatoms. The van der Waals surface area contributed by atoms with Crippen molar-refractivity contribution < 1.29 is 14.3 Å². The predicted molar refractivity (Wildman–Crippen MR) is 75.9 cm³/mol. The number of nitrogens with two attached hydrogens (primary N) is 1. The van der Waals surface area contributed by atoms with Crippen LogP contribution in [0.2, 0.25) is 0 Å². The molecule has 0 atom stereocenters. The van der Waals surface area contributed by atoms with Gasteiger partial charge in [0.1, 0.15) is 0 Å². The Morgan fingerprint density at radius 1 is 1.40 bits per heavy atom.